The molecule has 0 saturated heterocycles. The zero-order valence-corrected chi connectivity index (χ0v) is 13.4. The van der Waals surface area contributed by atoms with Crippen LogP contribution in [0, 0.1) is 5.41 Å². The number of amides is 1. The number of hydrogen-bond donors (Lipinski definition) is 1. The number of halogens is 1. The van der Waals surface area contributed by atoms with Crippen LogP contribution >= 0.6 is 27.7 Å². The van der Waals surface area contributed by atoms with Gasteiger partial charge in [0.25, 0.3) is 5.91 Å². The van der Waals surface area contributed by atoms with Gasteiger partial charge in [0.15, 0.2) is 9.84 Å². The monoisotopic (exact) mass is 373 g/mol. The van der Waals surface area contributed by atoms with Crippen LogP contribution in [0.5, 0.6) is 0 Å². The normalized spacial score (nSPS) is 18.5. The molecule has 0 radical (unpaired) electrons. The molecule has 0 fully saturated rings. The fraction of sp³-hybridized carbons (Fsp3) is 0. The maximum absolute atomic E-state index is 12.2. The molecule has 1 N–H and O–H groups in total. The number of carbonyl (C=O) groups is 1. The van der Waals surface area contributed by atoms with Crippen molar-refractivity contribution in [1.82, 2.24) is 0 Å². The standard InChI is InChI=1S/C15H8BrN3O2S/c16-12-6-5-8(21-12)7-9-13(17)19-10-3-1-2-4-11(10)22-15(19)18-14(9)20/h1-7,17H/b9-7+,17-13?. The first-order valence-electron chi connectivity index (χ1n) is 6.39. The van der Waals surface area contributed by atoms with Gasteiger partial charge in [0.05, 0.1) is 11.3 Å². The Morgan fingerprint density at radius 1 is 1.27 bits per heavy atom. The summed E-state index contributed by atoms with van der Waals surface area (Å²) in [5.41, 5.74) is 1.08. The summed E-state index contributed by atoms with van der Waals surface area (Å²) < 4.78 is 5.95. The minimum Gasteiger partial charge on any atom is -0.450 e. The third kappa shape index (κ3) is 2.05. The van der Waals surface area contributed by atoms with E-state index in [-0.39, 0.29) is 11.4 Å². The number of fused-ring (bicyclic) bond motifs is 3. The number of rotatable bonds is 1. The highest BCUT2D eigenvalue weighted by atomic mass is 79.9. The molecule has 3 heterocycles. The van der Waals surface area contributed by atoms with Crippen LogP contribution in [0.3, 0.4) is 0 Å². The van der Waals surface area contributed by atoms with E-state index in [0.717, 1.165) is 10.6 Å². The lowest BCUT2D eigenvalue weighted by Crippen LogP contribution is -2.39. The number of thioether (sulfide) groups is 1. The number of nitrogens with zero attached hydrogens (tertiary/aromatic N) is 2. The van der Waals surface area contributed by atoms with Gasteiger partial charge in [0, 0.05) is 4.90 Å². The molecule has 5 nitrogen and oxygen atoms in total. The number of hydrogen-bond acceptors (Lipinski definition) is 4. The summed E-state index contributed by atoms with van der Waals surface area (Å²) in [4.78, 5) is 19.0. The zero-order valence-electron chi connectivity index (χ0n) is 11.0. The van der Waals surface area contributed by atoms with E-state index in [9.17, 15) is 4.79 Å². The Hall–Kier alpha value is -2.12. The lowest BCUT2D eigenvalue weighted by atomic mass is 10.1. The van der Waals surface area contributed by atoms with Crippen molar-refractivity contribution in [3.63, 3.8) is 0 Å². The number of anilines is 1. The SMILES string of the molecule is N=C1/C(=C\c2ccc(Br)o2)C(=O)N=C2Sc3ccccc3N12. The molecular formula is C15H8BrN3O2S. The van der Waals surface area contributed by atoms with Gasteiger partial charge in [-0.05, 0) is 58.0 Å². The molecule has 4 rings (SSSR count). The van der Waals surface area contributed by atoms with E-state index >= 15 is 0 Å². The minimum absolute atomic E-state index is 0.111. The van der Waals surface area contributed by atoms with Crippen LogP contribution in [0.4, 0.5) is 5.69 Å². The summed E-state index contributed by atoms with van der Waals surface area (Å²) in [6, 6.07) is 11.1. The van der Waals surface area contributed by atoms with Gasteiger partial charge in [-0.2, -0.15) is 4.99 Å². The van der Waals surface area contributed by atoms with Gasteiger partial charge in [0.2, 0.25) is 0 Å². The Balaban J connectivity index is 1.81. The predicted octanol–water partition coefficient (Wildman–Crippen LogP) is 3.91. The fourth-order valence-corrected chi connectivity index (χ4v) is 3.65. The smallest absolute Gasteiger partial charge is 0.283 e. The zero-order chi connectivity index (χ0) is 15.3. The first-order valence-corrected chi connectivity index (χ1v) is 8.00. The Kier molecular flexibility index (Phi) is 3.05. The second-order valence-electron chi connectivity index (χ2n) is 4.65. The summed E-state index contributed by atoms with van der Waals surface area (Å²) in [5.74, 6) is 0.183. The predicted molar refractivity (Wildman–Crippen MR) is 89.3 cm³/mol. The van der Waals surface area contributed by atoms with E-state index in [1.807, 2.05) is 24.3 Å². The molecule has 0 saturated carbocycles. The van der Waals surface area contributed by atoms with E-state index in [1.54, 1.807) is 23.1 Å². The van der Waals surface area contributed by atoms with Crippen molar-refractivity contribution < 1.29 is 9.21 Å². The lowest BCUT2D eigenvalue weighted by Gasteiger charge is -2.24. The van der Waals surface area contributed by atoms with Crippen LogP contribution in [0.25, 0.3) is 6.08 Å². The van der Waals surface area contributed by atoms with Crippen LogP contribution < -0.4 is 4.90 Å². The molecule has 2 aliphatic heterocycles. The maximum atomic E-state index is 12.2. The van der Waals surface area contributed by atoms with Crippen LogP contribution in [-0.4, -0.2) is 16.9 Å². The van der Waals surface area contributed by atoms with Gasteiger partial charge in [-0.15, -0.1) is 0 Å². The molecular weight excluding hydrogens is 366 g/mol. The third-order valence-corrected chi connectivity index (χ3v) is 4.73. The van der Waals surface area contributed by atoms with Crippen molar-refractivity contribution in [3.8, 4) is 0 Å². The number of aliphatic imine (C=N–C) groups is 1. The summed E-state index contributed by atoms with van der Waals surface area (Å²) in [6.45, 7) is 0. The van der Waals surface area contributed by atoms with Crippen molar-refractivity contribution in [3.05, 3.63) is 52.4 Å². The number of amidine groups is 2. The average molecular weight is 374 g/mol. The van der Waals surface area contributed by atoms with Gasteiger partial charge in [0.1, 0.15) is 11.6 Å². The summed E-state index contributed by atoms with van der Waals surface area (Å²) in [5, 5.41) is 8.90. The number of para-hydroxylation sites is 1. The quantitative estimate of drug-likeness (QED) is 0.769. The molecule has 2 aromatic rings. The number of carbonyl (C=O) groups excluding carboxylic acids is 1. The Labute approximate surface area is 138 Å². The molecule has 108 valence electrons. The Bertz CT molecular complexity index is 884. The van der Waals surface area contributed by atoms with Crippen molar-refractivity contribution in [1.29, 1.82) is 5.41 Å². The molecule has 22 heavy (non-hydrogen) atoms. The average Bonchev–Trinajstić information content (AvgIpc) is 3.06. The van der Waals surface area contributed by atoms with Crippen LogP contribution in [-0.2, 0) is 4.79 Å². The summed E-state index contributed by atoms with van der Waals surface area (Å²) >= 11 is 4.61. The fourth-order valence-electron chi connectivity index (χ4n) is 2.31. The lowest BCUT2D eigenvalue weighted by molar-refractivity contribution is -0.113. The largest absolute Gasteiger partial charge is 0.450 e. The highest BCUT2D eigenvalue weighted by molar-refractivity contribution is 9.10. The number of nitrogens with one attached hydrogen (secondary N) is 1. The molecule has 1 aromatic carbocycles. The molecule has 1 aromatic heterocycles. The van der Waals surface area contributed by atoms with Crippen LogP contribution in [0.15, 0.2) is 60.9 Å². The van der Waals surface area contributed by atoms with Crippen molar-refractivity contribution in [2.24, 2.45) is 4.99 Å². The highest BCUT2D eigenvalue weighted by Crippen LogP contribution is 2.42. The van der Waals surface area contributed by atoms with Crippen molar-refractivity contribution in [2.45, 2.75) is 4.90 Å². The second-order valence-corrected chi connectivity index (χ2v) is 6.44. The molecule has 2 aliphatic rings. The van der Waals surface area contributed by atoms with Crippen molar-refractivity contribution >= 4 is 56.4 Å². The second kappa shape index (κ2) is 4.96. The van der Waals surface area contributed by atoms with Crippen LogP contribution in [0.1, 0.15) is 5.76 Å². The van der Waals surface area contributed by atoms with E-state index in [4.69, 9.17) is 9.83 Å². The van der Waals surface area contributed by atoms with Crippen LogP contribution in [0.2, 0.25) is 0 Å². The first kappa shape index (κ1) is 13.5. The van der Waals surface area contributed by atoms with E-state index < -0.39 is 5.91 Å². The summed E-state index contributed by atoms with van der Waals surface area (Å²) in [7, 11) is 0. The van der Waals surface area contributed by atoms with E-state index in [2.05, 4.69) is 20.9 Å². The van der Waals surface area contributed by atoms with Gasteiger partial charge in [-0.1, -0.05) is 12.1 Å². The third-order valence-electron chi connectivity index (χ3n) is 3.29. The molecule has 0 bridgehead atoms. The van der Waals surface area contributed by atoms with Gasteiger partial charge in [-0.3, -0.25) is 15.1 Å². The van der Waals surface area contributed by atoms with Gasteiger partial charge in [-0.25, -0.2) is 0 Å². The highest BCUT2D eigenvalue weighted by Gasteiger charge is 2.37. The van der Waals surface area contributed by atoms with E-state index in [0.29, 0.717) is 15.6 Å². The van der Waals surface area contributed by atoms with Crippen molar-refractivity contribution in [2.75, 3.05) is 4.90 Å². The molecule has 0 atom stereocenters. The van der Waals surface area contributed by atoms with Gasteiger partial charge < -0.3 is 4.42 Å². The summed E-state index contributed by atoms with van der Waals surface area (Å²) in [6.07, 6.45) is 1.54. The molecule has 7 heteroatoms. The number of benzene rings is 1. The minimum atomic E-state index is -0.427. The molecule has 1 amide bonds. The molecule has 0 unspecified atom stereocenters. The van der Waals surface area contributed by atoms with E-state index in [1.165, 1.54) is 11.8 Å². The number of furan rings is 1. The van der Waals surface area contributed by atoms with Gasteiger partial charge >= 0.3 is 0 Å². The maximum Gasteiger partial charge on any atom is 0.283 e. The molecule has 0 aliphatic carbocycles. The molecule has 0 spiro atoms. The first-order chi connectivity index (χ1) is 10.6. The Morgan fingerprint density at radius 3 is 2.86 bits per heavy atom. The topological polar surface area (TPSA) is 69.7 Å². The Morgan fingerprint density at radius 2 is 2.09 bits per heavy atom.